The van der Waals surface area contributed by atoms with Gasteiger partial charge in [0.15, 0.2) is 0 Å². The fourth-order valence-corrected chi connectivity index (χ4v) is 2.03. The van der Waals surface area contributed by atoms with E-state index in [-0.39, 0.29) is 0 Å². The summed E-state index contributed by atoms with van der Waals surface area (Å²) in [6.45, 7) is 9.69. The third-order valence-electron chi connectivity index (χ3n) is 1.46. The lowest BCUT2D eigenvalue weighted by molar-refractivity contribution is 0.119. The van der Waals surface area contributed by atoms with E-state index in [4.69, 9.17) is 13.6 Å². The number of allylic oxidation sites excluding steroid dienone is 2. The van der Waals surface area contributed by atoms with Gasteiger partial charge in [0, 0.05) is 0 Å². The molecule has 124 valence electrons. The minimum absolute atomic E-state index is 0.331. The monoisotopic (exact) mass is 324 g/mol. The molecule has 0 bridgehead atoms. The van der Waals surface area contributed by atoms with Crippen LogP contribution in [-0.4, -0.2) is 26.0 Å². The van der Waals surface area contributed by atoms with Crippen LogP contribution in [-0.2, 0) is 27.6 Å². The molecule has 7 nitrogen and oxygen atoms in total. The van der Waals surface area contributed by atoms with Crippen molar-refractivity contribution in [2.24, 2.45) is 0 Å². The van der Waals surface area contributed by atoms with Crippen molar-refractivity contribution >= 4 is 14.0 Å². The van der Waals surface area contributed by atoms with E-state index in [2.05, 4.69) is 9.47 Å². The zero-order valence-electron chi connectivity index (χ0n) is 13.2. The molecule has 0 N–H and O–H groups in total. The van der Waals surface area contributed by atoms with Crippen molar-refractivity contribution < 1.29 is 32.4 Å². The van der Waals surface area contributed by atoms with Gasteiger partial charge < -0.3 is 9.47 Å². The maximum Gasteiger partial charge on any atom is 0.518 e. The second kappa shape index (κ2) is 15.3. The van der Waals surface area contributed by atoms with E-state index in [1.54, 1.807) is 46.8 Å². The van der Waals surface area contributed by atoms with Crippen LogP contribution in [0.2, 0.25) is 0 Å². The fourth-order valence-electron chi connectivity index (χ4n) is 0.861. The Hall–Kier alpha value is -1.14. The predicted octanol–water partition coefficient (Wildman–Crippen LogP) is 4.41. The second-order valence-corrected chi connectivity index (χ2v) is 4.79. The lowest BCUT2D eigenvalue weighted by Gasteiger charge is -2.14. The summed E-state index contributed by atoms with van der Waals surface area (Å²) in [4.78, 5) is 10.4. The Labute approximate surface area is 126 Å². The van der Waals surface area contributed by atoms with Crippen molar-refractivity contribution in [1.29, 1.82) is 0 Å². The molecule has 21 heavy (non-hydrogen) atoms. The van der Waals surface area contributed by atoms with Gasteiger partial charge in [-0.3, -0.25) is 13.6 Å². The highest BCUT2D eigenvalue weighted by Crippen LogP contribution is 2.48. The zero-order valence-corrected chi connectivity index (χ0v) is 14.1. The molecule has 0 heterocycles. The molecule has 8 heteroatoms. The zero-order chi connectivity index (χ0) is 16.6. The Morgan fingerprint density at radius 1 is 0.857 bits per heavy atom. The SMILES string of the molecule is CC=COC(=O)OC=CC.CCOP(=O)(OCC)OCC. The van der Waals surface area contributed by atoms with Crippen LogP contribution in [0.25, 0.3) is 0 Å². The highest BCUT2D eigenvalue weighted by Gasteiger charge is 2.23. The lowest BCUT2D eigenvalue weighted by Crippen LogP contribution is -1.99. The summed E-state index contributed by atoms with van der Waals surface area (Å²) in [5, 5.41) is 0. The molecule has 0 saturated heterocycles. The Kier molecular flexibility index (Phi) is 16.1. The van der Waals surface area contributed by atoms with Crippen LogP contribution in [0.4, 0.5) is 4.79 Å². The van der Waals surface area contributed by atoms with Crippen molar-refractivity contribution in [1.82, 2.24) is 0 Å². The molecule has 0 aromatic rings. The number of rotatable bonds is 8. The number of carbonyl (C=O) groups excluding carboxylic acids is 1. The van der Waals surface area contributed by atoms with Gasteiger partial charge in [0.1, 0.15) is 0 Å². The molecular formula is C13H25O7P. The average Bonchev–Trinajstić information content (AvgIpc) is 2.44. The van der Waals surface area contributed by atoms with Gasteiger partial charge in [-0.2, -0.15) is 0 Å². The number of hydrogen-bond donors (Lipinski definition) is 0. The number of phosphoric acid groups is 1. The van der Waals surface area contributed by atoms with E-state index in [1.165, 1.54) is 12.5 Å². The van der Waals surface area contributed by atoms with Crippen LogP contribution in [0, 0.1) is 0 Å². The molecule has 0 aromatic heterocycles. The van der Waals surface area contributed by atoms with Crippen LogP contribution in [0.3, 0.4) is 0 Å². The van der Waals surface area contributed by atoms with Crippen LogP contribution in [0.5, 0.6) is 0 Å². The number of carbonyl (C=O) groups is 1. The first-order valence-electron chi connectivity index (χ1n) is 6.62. The minimum atomic E-state index is -3.22. The topological polar surface area (TPSA) is 80.3 Å². The number of phosphoric ester groups is 1. The Morgan fingerprint density at radius 2 is 1.19 bits per heavy atom. The van der Waals surface area contributed by atoms with Crippen molar-refractivity contribution in [3.8, 4) is 0 Å². The minimum Gasteiger partial charge on any atom is -0.403 e. The van der Waals surface area contributed by atoms with Crippen LogP contribution in [0.1, 0.15) is 34.6 Å². The van der Waals surface area contributed by atoms with Crippen LogP contribution in [0.15, 0.2) is 24.7 Å². The van der Waals surface area contributed by atoms with Crippen molar-refractivity contribution in [2.75, 3.05) is 19.8 Å². The highest BCUT2D eigenvalue weighted by atomic mass is 31.2. The van der Waals surface area contributed by atoms with E-state index in [1.807, 2.05) is 0 Å². The van der Waals surface area contributed by atoms with Crippen LogP contribution < -0.4 is 0 Å². The van der Waals surface area contributed by atoms with Gasteiger partial charge in [-0.15, -0.1) is 0 Å². The first-order valence-corrected chi connectivity index (χ1v) is 8.08. The molecule has 0 saturated carbocycles. The van der Waals surface area contributed by atoms with Crippen LogP contribution >= 0.6 is 7.82 Å². The lowest BCUT2D eigenvalue weighted by atomic mass is 10.7. The Balaban J connectivity index is 0. The summed E-state index contributed by atoms with van der Waals surface area (Å²) in [5.74, 6) is 0. The first kappa shape index (κ1) is 22.1. The summed E-state index contributed by atoms with van der Waals surface area (Å²) >= 11 is 0. The molecule has 0 aromatic carbocycles. The number of ether oxygens (including phenoxy) is 2. The van der Waals surface area contributed by atoms with Gasteiger partial charge >= 0.3 is 14.0 Å². The van der Waals surface area contributed by atoms with E-state index in [0.29, 0.717) is 19.8 Å². The highest BCUT2D eigenvalue weighted by molar-refractivity contribution is 7.48. The third-order valence-corrected chi connectivity index (χ3v) is 3.19. The van der Waals surface area contributed by atoms with Gasteiger partial charge in [-0.25, -0.2) is 9.36 Å². The van der Waals surface area contributed by atoms with Crippen molar-refractivity contribution in [3.05, 3.63) is 24.7 Å². The summed E-state index contributed by atoms with van der Waals surface area (Å²) in [6.07, 6.45) is 4.97. The summed E-state index contributed by atoms with van der Waals surface area (Å²) in [7, 11) is -3.22. The van der Waals surface area contributed by atoms with E-state index >= 15 is 0 Å². The van der Waals surface area contributed by atoms with Gasteiger partial charge in [0.2, 0.25) is 0 Å². The molecule has 0 atom stereocenters. The van der Waals surface area contributed by atoms with E-state index in [9.17, 15) is 9.36 Å². The van der Waals surface area contributed by atoms with Crippen molar-refractivity contribution in [2.45, 2.75) is 34.6 Å². The van der Waals surface area contributed by atoms with Gasteiger partial charge in [0.05, 0.1) is 32.3 Å². The Morgan fingerprint density at radius 3 is 1.43 bits per heavy atom. The fraction of sp³-hybridized carbons (Fsp3) is 0.615. The molecule has 0 unspecified atom stereocenters. The van der Waals surface area contributed by atoms with Gasteiger partial charge in [-0.1, -0.05) is 12.2 Å². The summed E-state index contributed by atoms with van der Waals surface area (Å²) in [5.41, 5.74) is 0. The normalized spacial score (nSPS) is 11.3. The maximum atomic E-state index is 11.3. The quantitative estimate of drug-likeness (QED) is 0.371. The van der Waals surface area contributed by atoms with Gasteiger partial charge in [-0.05, 0) is 34.6 Å². The molecular weight excluding hydrogens is 299 g/mol. The maximum absolute atomic E-state index is 11.3. The molecule has 0 fully saturated rings. The Bertz CT molecular complexity index is 313. The molecule has 0 aliphatic carbocycles. The molecule has 0 amide bonds. The van der Waals surface area contributed by atoms with Gasteiger partial charge in [0.25, 0.3) is 0 Å². The molecule has 0 radical (unpaired) electrons. The third kappa shape index (κ3) is 15.1. The number of hydrogen-bond acceptors (Lipinski definition) is 7. The molecule has 0 rings (SSSR count). The molecule has 0 aliphatic heterocycles. The average molecular weight is 324 g/mol. The van der Waals surface area contributed by atoms with E-state index < -0.39 is 14.0 Å². The first-order chi connectivity index (χ1) is 9.99. The second-order valence-electron chi connectivity index (χ2n) is 3.13. The predicted molar refractivity (Wildman–Crippen MR) is 79.7 cm³/mol. The standard InChI is InChI=1S/C7H10O3.C6H15O4P/c1-3-5-9-7(8)10-6-4-2;1-4-8-11(7,9-5-2)10-6-3/h3-6H,1-2H3;4-6H2,1-3H3. The smallest absolute Gasteiger partial charge is 0.403 e. The summed E-state index contributed by atoms with van der Waals surface area (Å²) < 4.78 is 34.6. The molecule has 0 spiro atoms. The largest absolute Gasteiger partial charge is 0.518 e. The summed E-state index contributed by atoms with van der Waals surface area (Å²) in [6, 6.07) is 0. The van der Waals surface area contributed by atoms with E-state index in [0.717, 1.165) is 0 Å². The molecule has 0 aliphatic rings. The van der Waals surface area contributed by atoms with Crippen molar-refractivity contribution in [3.63, 3.8) is 0 Å².